The highest BCUT2D eigenvalue weighted by Crippen LogP contribution is 2.38. The van der Waals surface area contributed by atoms with E-state index in [2.05, 4.69) is 36.7 Å². The van der Waals surface area contributed by atoms with Crippen LogP contribution in [-0.2, 0) is 0 Å². The summed E-state index contributed by atoms with van der Waals surface area (Å²) in [6.45, 7) is 5.70. The number of thiophene rings is 1. The lowest BCUT2D eigenvalue weighted by Gasteiger charge is -2.33. The van der Waals surface area contributed by atoms with Gasteiger partial charge in [0.15, 0.2) is 0 Å². The molecule has 1 heterocycles. The van der Waals surface area contributed by atoms with Crippen LogP contribution in [0.15, 0.2) is 17.5 Å². The lowest BCUT2D eigenvalue weighted by Crippen LogP contribution is -2.30. The molecule has 0 radical (unpaired) electrons. The van der Waals surface area contributed by atoms with Crippen molar-refractivity contribution < 1.29 is 0 Å². The molecule has 1 aromatic heterocycles. The summed E-state index contributed by atoms with van der Waals surface area (Å²) in [4.78, 5) is 1.53. The Labute approximate surface area is 103 Å². The van der Waals surface area contributed by atoms with Crippen LogP contribution in [0, 0.1) is 11.8 Å². The average molecular weight is 237 g/mol. The minimum Gasteiger partial charge on any atom is -0.309 e. The third-order valence-corrected chi connectivity index (χ3v) is 4.68. The van der Waals surface area contributed by atoms with Crippen molar-refractivity contribution in [1.29, 1.82) is 0 Å². The Morgan fingerprint density at radius 2 is 2.38 bits per heavy atom. The van der Waals surface area contributed by atoms with Gasteiger partial charge in [-0.25, -0.2) is 0 Å². The van der Waals surface area contributed by atoms with Gasteiger partial charge in [0.1, 0.15) is 0 Å². The van der Waals surface area contributed by atoms with Gasteiger partial charge in [0.2, 0.25) is 0 Å². The van der Waals surface area contributed by atoms with Crippen LogP contribution < -0.4 is 5.32 Å². The van der Waals surface area contributed by atoms with Gasteiger partial charge in [0.05, 0.1) is 0 Å². The number of nitrogens with one attached hydrogen (secondary N) is 1. The molecule has 2 rings (SSSR count). The average Bonchev–Trinajstić information content (AvgIpc) is 2.79. The Balaban J connectivity index is 2.06. The van der Waals surface area contributed by atoms with Gasteiger partial charge in [0.25, 0.3) is 0 Å². The number of rotatable bonds is 4. The molecule has 0 saturated heterocycles. The Morgan fingerprint density at radius 3 is 3.00 bits per heavy atom. The fourth-order valence-corrected chi connectivity index (χ4v) is 3.87. The molecule has 0 amide bonds. The largest absolute Gasteiger partial charge is 0.309 e. The minimum absolute atomic E-state index is 0.604. The van der Waals surface area contributed by atoms with Crippen molar-refractivity contribution in [2.45, 2.75) is 45.6 Å². The first-order chi connectivity index (χ1) is 7.81. The van der Waals surface area contributed by atoms with E-state index in [9.17, 15) is 0 Å². The van der Waals surface area contributed by atoms with Crippen molar-refractivity contribution in [2.24, 2.45) is 11.8 Å². The van der Waals surface area contributed by atoms with Gasteiger partial charge in [-0.3, -0.25) is 0 Å². The van der Waals surface area contributed by atoms with Crippen molar-refractivity contribution in [3.05, 3.63) is 22.4 Å². The summed E-state index contributed by atoms with van der Waals surface area (Å²) in [6.07, 6.45) is 5.65. The molecular weight excluding hydrogens is 214 g/mol. The maximum absolute atomic E-state index is 3.69. The Kier molecular flexibility index (Phi) is 4.42. The van der Waals surface area contributed by atoms with E-state index in [1.54, 1.807) is 0 Å². The molecule has 1 N–H and O–H groups in total. The molecule has 3 unspecified atom stereocenters. The molecule has 0 bridgehead atoms. The summed E-state index contributed by atoms with van der Waals surface area (Å²) in [6, 6.07) is 5.07. The molecule has 1 fully saturated rings. The van der Waals surface area contributed by atoms with Gasteiger partial charge in [-0.05, 0) is 42.7 Å². The van der Waals surface area contributed by atoms with E-state index in [0.29, 0.717) is 6.04 Å². The van der Waals surface area contributed by atoms with Crippen LogP contribution in [0.5, 0.6) is 0 Å². The molecule has 0 aliphatic heterocycles. The van der Waals surface area contributed by atoms with Crippen molar-refractivity contribution in [2.75, 3.05) is 6.54 Å². The van der Waals surface area contributed by atoms with Gasteiger partial charge < -0.3 is 5.32 Å². The zero-order valence-corrected chi connectivity index (χ0v) is 11.2. The zero-order valence-electron chi connectivity index (χ0n) is 10.4. The quantitative estimate of drug-likeness (QED) is 0.826. The van der Waals surface area contributed by atoms with Crippen LogP contribution in [0.25, 0.3) is 0 Å². The molecule has 1 aromatic rings. The van der Waals surface area contributed by atoms with E-state index >= 15 is 0 Å². The summed E-state index contributed by atoms with van der Waals surface area (Å²) in [5.74, 6) is 1.77. The molecule has 1 nitrogen and oxygen atoms in total. The second kappa shape index (κ2) is 5.83. The van der Waals surface area contributed by atoms with Crippen LogP contribution in [0.1, 0.15) is 50.4 Å². The third kappa shape index (κ3) is 2.86. The van der Waals surface area contributed by atoms with Crippen molar-refractivity contribution in [3.63, 3.8) is 0 Å². The van der Waals surface area contributed by atoms with Crippen molar-refractivity contribution in [3.8, 4) is 0 Å². The summed E-state index contributed by atoms with van der Waals surface area (Å²) in [7, 11) is 0. The van der Waals surface area contributed by atoms with Crippen LogP contribution in [-0.4, -0.2) is 6.54 Å². The Morgan fingerprint density at radius 1 is 1.50 bits per heavy atom. The van der Waals surface area contributed by atoms with Gasteiger partial charge in [-0.1, -0.05) is 32.8 Å². The SMILES string of the molecule is CCNC(c1cccs1)C1CCCC(C)C1. The first-order valence-electron chi connectivity index (χ1n) is 6.58. The van der Waals surface area contributed by atoms with Crippen LogP contribution in [0.3, 0.4) is 0 Å². The number of hydrogen-bond acceptors (Lipinski definition) is 2. The Bertz CT molecular complexity index is 294. The van der Waals surface area contributed by atoms with Gasteiger partial charge >= 0.3 is 0 Å². The van der Waals surface area contributed by atoms with E-state index in [-0.39, 0.29) is 0 Å². The predicted octanol–water partition coefficient (Wildman–Crippen LogP) is 4.23. The lowest BCUT2D eigenvalue weighted by atomic mass is 9.78. The molecule has 3 atom stereocenters. The summed E-state index contributed by atoms with van der Waals surface area (Å²) in [5.41, 5.74) is 0. The lowest BCUT2D eigenvalue weighted by molar-refractivity contribution is 0.227. The van der Waals surface area contributed by atoms with Crippen LogP contribution in [0.4, 0.5) is 0 Å². The smallest absolute Gasteiger partial charge is 0.0443 e. The summed E-state index contributed by atoms with van der Waals surface area (Å²) >= 11 is 1.90. The molecular formula is C14H23NS. The monoisotopic (exact) mass is 237 g/mol. The first kappa shape index (κ1) is 12.1. The van der Waals surface area contributed by atoms with Crippen molar-refractivity contribution in [1.82, 2.24) is 5.32 Å². The highest BCUT2D eigenvalue weighted by Gasteiger charge is 2.27. The molecule has 2 heteroatoms. The van der Waals surface area contributed by atoms with E-state index in [4.69, 9.17) is 0 Å². The van der Waals surface area contributed by atoms with E-state index in [1.807, 2.05) is 11.3 Å². The van der Waals surface area contributed by atoms with E-state index in [0.717, 1.165) is 18.4 Å². The van der Waals surface area contributed by atoms with Crippen molar-refractivity contribution >= 4 is 11.3 Å². The fourth-order valence-electron chi connectivity index (χ4n) is 2.97. The van der Waals surface area contributed by atoms with Gasteiger partial charge in [-0.15, -0.1) is 11.3 Å². The fraction of sp³-hybridized carbons (Fsp3) is 0.714. The molecule has 0 aromatic carbocycles. The van der Waals surface area contributed by atoms with E-state index < -0.39 is 0 Å². The standard InChI is InChI=1S/C14H23NS/c1-3-15-14(13-8-5-9-16-13)12-7-4-6-11(2)10-12/h5,8-9,11-12,14-15H,3-4,6-7,10H2,1-2H3. The maximum Gasteiger partial charge on any atom is 0.0443 e. The maximum atomic E-state index is 3.69. The minimum atomic E-state index is 0.604. The third-order valence-electron chi connectivity index (χ3n) is 3.72. The van der Waals surface area contributed by atoms with Crippen LogP contribution >= 0.6 is 11.3 Å². The summed E-state index contributed by atoms with van der Waals surface area (Å²) < 4.78 is 0. The highest BCUT2D eigenvalue weighted by molar-refractivity contribution is 7.10. The second-order valence-electron chi connectivity index (χ2n) is 5.08. The first-order valence-corrected chi connectivity index (χ1v) is 7.46. The second-order valence-corrected chi connectivity index (χ2v) is 6.06. The number of hydrogen-bond donors (Lipinski definition) is 1. The zero-order chi connectivity index (χ0) is 11.4. The topological polar surface area (TPSA) is 12.0 Å². The molecule has 0 spiro atoms. The molecule has 90 valence electrons. The van der Waals surface area contributed by atoms with Gasteiger partial charge in [-0.2, -0.15) is 0 Å². The highest BCUT2D eigenvalue weighted by atomic mass is 32.1. The van der Waals surface area contributed by atoms with Crippen LogP contribution in [0.2, 0.25) is 0 Å². The summed E-state index contributed by atoms with van der Waals surface area (Å²) in [5, 5.41) is 5.89. The van der Waals surface area contributed by atoms with Gasteiger partial charge in [0, 0.05) is 10.9 Å². The molecule has 1 aliphatic carbocycles. The molecule has 1 aliphatic rings. The van der Waals surface area contributed by atoms with E-state index in [1.165, 1.54) is 30.6 Å². The normalized spacial score (nSPS) is 27.9. The predicted molar refractivity (Wildman–Crippen MR) is 71.9 cm³/mol. The molecule has 16 heavy (non-hydrogen) atoms. The molecule has 1 saturated carbocycles. The Hall–Kier alpha value is -0.340.